The molecule has 5 aromatic rings. The number of imidazole rings is 1. The first-order valence-corrected chi connectivity index (χ1v) is 8.75. The zero-order valence-corrected chi connectivity index (χ0v) is 14.6. The first-order chi connectivity index (χ1) is 13.1. The summed E-state index contributed by atoms with van der Waals surface area (Å²) in [5.74, 6) is 0. The Labute approximate surface area is 154 Å². The van der Waals surface area contributed by atoms with E-state index in [2.05, 4.69) is 19.2 Å². The van der Waals surface area contributed by atoms with Crippen LogP contribution in [0.1, 0.15) is 0 Å². The Morgan fingerprint density at radius 3 is 2.19 bits per heavy atom. The molecule has 0 fully saturated rings. The molecule has 0 aliphatic carbocycles. The number of nitrogens with zero attached hydrogens (tertiary/aromatic N) is 2. The lowest BCUT2D eigenvalue weighted by Gasteiger charge is -2.01. The molecular formula is C24H16N2O. The number of rotatable bonds is 0. The van der Waals surface area contributed by atoms with Gasteiger partial charge in [-0.1, -0.05) is 67.8 Å². The maximum atomic E-state index is 13.3. The van der Waals surface area contributed by atoms with Crippen LogP contribution in [0.25, 0.3) is 51.4 Å². The Morgan fingerprint density at radius 1 is 0.778 bits per heavy atom. The highest BCUT2D eigenvalue weighted by molar-refractivity contribution is 5.99. The molecule has 0 saturated carbocycles. The molecule has 0 aliphatic heterocycles. The molecule has 5 rings (SSSR count). The molecule has 2 heterocycles. The largest absolute Gasteiger partial charge is 0.268 e. The predicted molar refractivity (Wildman–Crippen MR) is 113 cm³/mol. The summed E-state index contributed by atoms with van der Waals surface area (Å²) in [5.41, 5.74) is 2.14. The maximum Gasteiger partial charge on any atom is 0.264 e. The van der Waals surface area contributed by atoms with Crippen LogP contribution in [0.5, 0.6) is 0 Å². The minimum atomic E-state index is -0.107. The Bertz CT molecular complexity index is 1580. The van der Waals surface area contributed by atoms with Crippen LogP contribution in [0.3, 0.4) is 0 Å². The van der Waals surface area contributed by atoms with Gasteiger partial charge < -0.3 is 0 Å². The fourth-order valence-corrected chi connectivity index (χ4v) is 3.62. The summed E-state index contributed by atoms with van der Waals surface area (Å²) < 4.78 is 1.70. The summed E-state index contributed by atoms with van der Waals surface area (Å²) in [6.07, 6.45) is 0. The van der Waals surface area contributed by atoms with Crippen molar-refractivity contribution >= 4 is 51.4 Å². The summed E-state index contributed by atoms with van der Waals surface area (Å²) in [5, 5.41) is 5.15. The quantitative estimate of drug-likeness (QED) is 0.429. The van der Waals surface area contributed by atoms with Crippen LogP contribution < -0.4 is 16.0 Å². The van der Waals surface area contributed by atoms with Crippen molar-refractivity contribution in [2.24, 2.45) is 0 Å². The Balaban J connectivity index is 2.12. The second-order valence-corrected chi connectivity index (χ2v) is 6.70. The van der Waals surface area contributed by atoms with Crippen LogP contribution in [0.2, 0.25) is 0 Å². The van der Waals surface area contributed by atoms with Gasteiger partial charge in [0.2, 0.25) is 0 Å². The van der Waals surface area contributed by atoms with E-state index < -0.39 is 0 Å². The van der Waals surface area contributed by atoms with Crippen molar-refractivity contribution in [1.29, 1.82) is 0 Å². The molecule has 0 spiro atoms. The van der Waals surface area contributed by atoms with Crippen molar-refractivity contribution in [2.75, 3.05) is 0 Å². The maximum absolute atomic E-state index is 13.3. The van der Waals surface area contributed by atoms with E-state index >= 15 is 0 Å². The third kappa shape index (κ3) is 2.29. The zero-order chi connectivity index (χ0) is 18.5. The fourth-order valence-electron chi connectivity index (χ4n) is 3.62. The molecule has 3 aromatic carbocycles. The minimum Gasteiger partial charge on any atom is -0.268 e. The number of hydrogen-bond acceptors (Lipinski definition) is 2. The van der Waals surface area contributed by atoms with Crippen molar-refractivity contribution in [2.45, 2.75) is 0 Å². The van der Waals surface area contributed by atoms with Gasteiger partial charge in [-0.05, 0) is 39.4 Å². The van der Waals surface area contributed by atoms with Crippen molar-refractivity contribution in [3.63, 3.8) is 0 Å². The monoisotopic (exact) mass is 348 g/mol. The molecule has 0 radical (unpaired) electrons. The van der Waals surface area contributed by atoms with Gasteiger partial charge in [0.15, 0.2) is 0 Å². The van der Waals surface area contributed by atoms with Gasteiger partial charge >= 0.3 is 0 Å². The summed E-state index contributed by atoms with van der Waals surface area (Å²) >= 11 is 0. The van der Waals surface area contributed by atoms with Gasteiger partial charge in [-0.15, -0.1) is 0 Å². The number of pyridine rings is 1. The van der Waals surface area contributed by atoms with Crippen molar-refractivity contribution in [3.8, 4) is 0 Å². The molecule has 2 bridgehead atoms. The molecule has 0 atom stereocenters. The molecule has 27 heavy (non-hydrogen) atoms. The van der Waals surface area contributed by atoms with Gasteiger partial charge in [0, 0.05) is 10.8 Å². The smallest absolute Gasteiger partial charge is 0.264 e. The predicted octanol–water partition coefficient (Wildman–Crippen LogP) is 3.54. The van der Waals surface area contributed by atoms with E-state index in [4.69, 9.17) is 4.98 Å². The standard InChI is InChI=1S/C24H16N2O/c1-15-7-5-11-19-16(2)20(12-6-8-15)24(27)26-22-14-18-10-4-3-9-17(18)13-21(22)25-23(19)26/h3-14H,1-2H2. The van der Waals surface area contributed by atoms with E-state index in [1.165, 1.54) is 0 Å². The SMILES string of the molecule is C=c1cccc2c(=C)c(ccc1)c1nc3cc4ccccc4cc3n1c2=O. The molecule has 0 unspecified atom stereocenters. The average molecular weight is 348 g/mol. The van der Waals surface area contributed by atoms with Crippen LogP contribution in [0, 0.1) is 0 Å². The lowest BCUT2D eigenvalue weighted by atomic mass is 10.1. The average Bonchev–Trinajstić information content (AvgIpc) is 3.03. The van der Waals surface area contributed by atoms with Crippen LogP contribution >= 0.6 is 0 Å². The van der Waals surface area contributed by atoms with E-state index in [1.807, 2.05) is 60.7 Å². The molecule has 2 aromatic heterocycles. The van der Waals surface area contributed by atoms with Crippen LogP contribution in [0.4, 0.5) is 0 Å². The fraction of sp³-hybridized carbons (Fsp3) is 0. The van der Waals surface area contributed by atoms with E-state index in [1.54, 1.807) is 10.5 Å². The second-order valence-electron chi connectivity index (χ2n) is 6.70. The van der Waals surface area contributed by atoms with Gasteiger partial charge in [-0.2, -0.15) is 0 Å². The molecule has 3 heteroatoms. The molecule has 128 valence electrons. The van der Waals surface area contributed by atoms with Crippen molar-refractivity contribution < 1.29 is 0 Å². The van der Waals surface area contributed by atoms with Crippen molar-refractivity contribution in [1.82, 2.24) is 9.38 Å². The summed E-state index contributed by atoms with van der Waals surface area (Å²) in [4.78, 5) is 18.1. The summed E-state index contributed by atoms with van der Waals surface area (Å²) in [6, 6.07) is 23.5. The van der Waals surface area contributed by atoms with Gasteiger partial charge in [0.1, 0.15) is 5.65 Å². The van der Waals surface area contributed by atoms with Gasteiger partial charge in [0.25, 0.3) is 5.56 Å². The first kappa shape index (κ1) is 15.5. The Morgan fingerprint density at radius 2 is 1.44 bits per heavy atom. The number of aromatic nitrogens is 2. The first-order valence-electron chi connectivity index (χ1n) is 8.75. The molecular weight excluding hydrogens is 332 g/mol. The van der Waals surface area contributed by atoms with Crippen molar-refractivity contribution in [3.05, 3.63) is 93.6 Å². The van der Waals surface area contributed by atoms with Gasteiger partial charge in [-0.25, -0.2) is 4.98 Å². The van der Waals surface area contributed by atoms with E-state index in [-0.39, 0.29) is 5.56 Å². The van der Waals surface area contributed by atoms with Gasteiger partial charge in [-0.3, -0.25) is 9.20 Å². The lowest BCUT2D eigenvalue weighted by molar-refractivity contribution is 1.18. The number of hydrogen-bond donors (Lipinski definition) is 0. The van der Waals surface area contributed by atoms with E-state index in [0.717, 1.165) is 32.4 Å². The Kier molecular flexibility index (Phi) is 3.25. The highest BCUT2D eigenvalue weighted by Gasteiger charge is 2.12. The van der Waals surface area contributed by atoms with Crippen LogP contribution in [-0.4, -0.2) is 9.38 Å². The van der Waals surface area contributed by atoms with E-state index in [0.29, 0.717) is 16.3 Å². The number of benzene rings is 2. The van der Waals surface area contributed by atoms with Crippen LogP contribution in [0.15, 0.2) is 77.6 Å². The second kappa shape index (κ2) is 5.64. The molecule has 0 amide bonds. The zero-order valence-electron chi connectivity index (χ0n) is 14.6. The minimum absolute atomic E-state index is 0.107. The highest BCUT2D eigenvalue weighted by Crippen LogP contribution is 2.23. The third-order valence-electron chi connectivity index (χ3n) is 4.99. The van der Waals surface area contributed by atoms with E-state index in [9.17, 15) is 4.79 Å². The topological polar surface area (TPSA) is 34.4 Å². The molecule has 0 aliphatic rings. The van der Waals surface area contributed by atoms with Gasteiger partial charge in [0.05, 0.1) is 11.0 Å². The summed E-state index contributed by atoms with van der Waals surface area (Å²) in [6.45, 7) is 8.14. The van der Waals surface area contributed by atoms with Crippen LogP contribution in [-0.2, 0) is 0 Å². The normalized spacial score (nSPS) is 11.4. The Hall–Kier alpha value is -3.72. The summed E-state index contributed by atoms with van der Waals surface area (Å²) in [7, 11) is 0. The molecule has 0 N–H and O–H groups in total. The third-order valence-corrected chi connectivity index (χ3v) is 4.99. The molecule has 0 saturated heterocycles. The number of fused-ring (bicyclic) bond motifs is 7. The highest BCUT2D eigenvalue weighted by atomic mass is 16.1. The lowest BCUT2D eigenvalue weighted by Crippen LogP contribution is -2.20. The molecule has 3 nitrogen and oxygen atoms in total.